The molecular formula is C10H6N2O. The first-order chi connectivity index (χ1) is 6.33. The molecule has 0 atom stereocenters. The van der Waals surface area contributed by atoms with Gasteiger partial charge < -0.3 is 0 Å². The zero-order chi connectivity index (χ0) is 9.26. The van der Waals surface area contributed by atoms with E-state index in [1.54, 1.807) is 16.8 Å². The first-order valence-corrected chi connectivity index (χ1v) is 3.76. The second-order valence-corrected chi connectivity index (χ2v) is 2.56. The van der Waals surface area contributed by atoms with Crippen molar-refractivity contribution in [3.05, 3.63) is 36.2 Å². The molecule has 62 valence electrons. The van der Waals surface area contributed by atoms with Crippen LogP contribution in [-0.4, -0.2) is 15.4 Å². The lowest BCUT2D eigenvalue weighted by Crippen LogP contribution is -1.93. The Morgan fingerprint density at radius 2 is 2.38 bits per heavy atom. The van der Waals surface area contributed by atoms with Gasteiger partial charge in [0.15, 0.2) is 0 Å². The number of carbonyl (C=O) groups excluding carboxylic acids is 1. The smallest absolute Gasteiger partial charge is 0.239 e. The van der Waals surface area contributed by atoms with Crippen molar-refractivity contribution in [2.75, 3.05) is 0 Å². The number of hydrogen-bond donors (Lipinski definition) is 0. The fraction of sp³-hybridized carbons (Fsp3) is 0. The Balaban J connectivity index is 2.73. The number of ketones is 1. The zero-order valence-electron chi connectivity index (χ0n) is 6.77. The van der Waals surface area contributed by atoms with Gasteiger partial charge in [0.25, 0.3) is 0 Å². The van der Waals surface area contributed by atoms with Crippen molar-refractivity contribution in [1.29, 1.82) is 0 Å². The van der Waals surface area contributed by atoms with Gasteiger partial charge in [-0.05, 0) is 18.1 Å². The molecule has 0 bridgehead atoms. The van der Waals surface area contributed by atoms with Gasteiger partial charge in [0, 0.05) is 6.20 Å². The Hall–Kier alpha value is -2.08. The Morgan fingerprint density at radius 1 is 1.54 bits per heavy atom. The molecule has 0 aliphatic heterocycles. The zero-order valence-corrected chi connectivity index (χ0v) is 6.77. The maximum Gasteiger partial charge on any atom is 0.239 e. The summed E-state index contributed by atoms with van der Waals surface area (Å²) in [7, 11) is 0. The minimum absolute atomic E-state index is 0.332. The maximum atomic E-state index is 11.2. The summed E-state index contributed by atoms with van der Waals surface area (Å²) in [5, 5.41) is 3.99. The highest BCUT2D eigenvalue weighted by molar-refractivity contribution is 6.12. The molecule has 2 heterocycles. The number of nitrogens with zero attached hydrogens (tertiary/aromatic N) is 2. The Bertz CT molecular complexity index is 505. The van der Waals surface area contributed by atoms with Crippen molar-refractivity contribution in [1.82, 2.24) is 9.61 Å². The molecule has 0 saturated carbocycles. The van der Waals surface area contributed by atoms with Crippen LogP contribution in [0.4, 0.5) is 0 Å². The highest BCUT2D eigenvalue weighted by atomic mass is 16.1. The average molecular weight is 170 g/mol. The third-order valence-corrected chi connectivity index (χ3v) is 1.80. The van der Waals surface area contributed by atoms with Crippen molar-refractivity contribution in [3.63, 3.8) is 0 Å². The standard InChI is InChI=1S/C10H6N2O/c1-2-10(13)8-7-11-12-6-4-3-5-9(8)12/h1,3-7H. The number of Topliss-reactive ketones (excluding diaryl/α,β-unsaturated/α-hetero) is 1. The summed E-state index contributed by atoms with van der Waals surface area (Å²) < 4.78 is 1.62. The number of carbonyl (C=O) groups is 1. The molecule has 0 unspecified atom stereocenters. The average Bonchev–Trinajstić information content (AvgIpc) is 2.60. The number of aromatic nitrogens is 2. The molecule has 0 aliphatic rings. The fourth-order valence-corrected chi connectivity index (χ4v) is 1.19. The number of pyridine rings is 1. The van der Waals surface area contributed by atoms with E-state index in [0.29, 0.717) is 5.56 Å². The number of rotatable bonds is 1. The van der Waals surface area contributed by atoms with Crippen LogP contribution in [-0.2, 0) is 0 Å². The Kier molecular flexibility index (Phi) is 1.60. The third-order valence-electron chi connectivity index (χ3n) is 1.80. The highest BCUT2D eigenvalue weighted by Crippen LogP contribution is 2.09. The SMILES string of the molecule is C#CC(=O)c1cnn2ccccc12. The molecule has 3 nitrogen and oxygen atoms in total. The molecule has 2 aromatic heterocycles. The molecule has 0 N–H and O–H groups in total. The number of terminal acetylenes is 1. The van der Waals surface area contributed by atoms with Crippen LogP contribution < -0.4 is 0 Å². The van der Waals surface area contributed by atoms with E-state index in [-0.39, 0.29) is 5.78 Å². The first kappa shape index (κ1) is 7.56. The molecule has 0 spiro atoms. The second-order valence-electron chi connectivity index (χ2n) is 2.56. The monoisotopic (exact) mass is 170 g/mol. The molecule has 0 aromatic carbocycles. The molecule has 2 rings (SSSR count). The fourth-order valence-electron chi connectivity index (χ4n) is 1.19. The maximum absolute atomic E-state index is 11.2. The van der Waals surface area contributed by atoms with Crippen molar-refractivity contribution in [2.24, 2.45) is 0 Å². The molecule has 2 aromatic rings. The van der Waals surface area contributed by atoms with Crippen molar-refractivity contribution >= 4 is 11.3 Å². The lowest BCUT2D eigenvalue weighted by Gasteiger charge is -1.91. The lowest BCUT2D eigenvalue weighted by molar-refractivity contribution is 0.105. The van der Waals surface area contributed by atoms with Crippen LogP contribution >= 0.6 is 0 Å². The van der Waals surface area contributed by atoms with Crippen LogP contribution in [0.5, 0.6) is 0 Å². The van der Waals surface area contributed by atoms with E-state index >= 15 is 0 Å². The van der Waals surface area contributed by atoms with Gasteiger partial charge in [-0.25, -0.2) is 4.52 Å². The van der Waals surface area contributed by atoms with E-state index in [0.717, 1.165) is 5.52 Å². The van der Waals surface area contributed by atoms with Crippen molar-refractivity contribution in [3.8, 4) is 12.3 Å². The van der Waals surface area contributed by atoms with Crippen LogP contribution in [0.25, 0.3) is 5.52 Å². The molecule has 13 heavy (non-hydrogen) atoms. The normalized spacial score (nSPS) is 9.77. The van der Waals surface area contributed by atoms with E-state index < -0.39 is 0 Å². The topological polar surface area (TPSA) is 34.4 Å². The molecule has 0 saturated heterocycles. The third kappa shape index (κ3) is 1.09. The van der Waals surface area contributed by atoms with Gasteiger partial charge in [0.05, 0.1) is 17.3 Å². The summed E-state index contributed by atoms with van der Waals surface area (Å²) in [6.07, 6.45) is 8.27. The summed E-state index contributed by atoms with van der Waals surface area (Å²) in [5.41, 5.74) is 1.22. The van der Waals surface area contributed by atoms with Crippen LogP contribution in [0.1, 0.15) is 10.4 Å². The summed E-state index contributed by atoms with van der Waals surface area (Å²) in [6.45, 7) is 0. The van der Waals surface area contributed by atoms with Crippen molar-refractivity contribution in [2.45, 2.75) is 0 Å². The summed E-state index contributed by atoms with van der Waals surface area (Å²) in [5.74, 6) is 1.74. The molecule has 0 radical (unpaired) electrons. The molecule has 0 fully saturated rings. The largest absolute Gasteiger partial charge is 0.279 e. The minimum Gasteiger partial charge on any atom is -0.279 e. The van der Waals surface area contributed by atoms with Gasteiger partial charge >= 0.3 is 0 Å². The van der Waals surface area contributed by atoms with E-state index in [1.807, 2.05) is 12.1 Å². The lowest BCUT2D eigenvalue weighted by atomic mass is 10.2. The van der Waals surface area contributed by atoms with Crippen molar-refractivity contribution < 1.29 is 4.79 Å². The molecule has 0 amide bonds. The second kappa shape index (κ2) is 2.76. The van der Waals surface area contributed by atoms with E-state index in [9.17, 15) is 4.79 Å². The van der Waals surface area contributed by atoms with Gasteiger partial charge in [0.1, 0.15) is 0 Å². The van der Waals surface area contributed by atoms with Gasteiger partial charge in [-0.2, -0.15) is 5.10 Å². The van der Waals surface area contributed by atoms with Gasteiger partial charge in [-0.1, -0.05) is 6.07 Å². The predicted molar refractivity (Wildman–Crippen MR) is 48.4 cm³/mol. The number of hydrogen-bond acceptors (Lipinski definition) is 2. The molecule has 0 aliphatic carbocycles. The van der Waals surface area contributed by atoms with E-state index in [1.165, 1.54) is 6.20 Å². The van der Waals surface area contributed by atoms with Gasteiger partial charge in [-0.3, -0.25) is 4.79 Å². The quantitative estimate of drug-likeness (QED) is 0.365. The summed E-state index contributed by atoms with van der Waals surface area (Å²) >= 11 is 0. The predicted octanol–water partition coefficient (Wildman–Crippen LogP) is 1.15. The Morgan fingerprint density at radius 3 is 3.15 bits per heavy atom. The van der Waals surface area contributed by atoms with Gasteiger partial charge in [0.2, 0.25) is 5.78 Å². The molecular weight excluding hydrogens is 164 g/mol. The first-order valence-electron chi connectivity index (χ1n) is 3.76. The Labute approximate surface area is 75.0 Å². The van der Waals surface area contributed by atoms with E-state index in [2.05, 4.69) is 11.0 Å². The van der Waals surface area contributed by atoms with E-state index in [4.69, 9.17) is 6.42 Å². The number of fused-ring (bicyclic) bond motifs is 1. The summed E-state index contributed by atoms with van der Waals surface area (Å²) in [4.78, 5) is 11.2. The van der Waals surface area contributed by atoms with Crippen LogP contribution in [0.15, 0.2) is 30.6 Å². The summed E-state index contributed by atoms with van der Waals surface area (Å²) in [6, 6.07) is 5.48. The van der Waals surface area contributed by atoms with Gasteiger partial charge in [-0.15, -0.1) is 6.42 Å². The molecule has 3 heteroatoms. The van der Waals surface area contributed by atoms with Crippen LogP contribution in [0.3, 0.4) is 0 Å². The minimum atomic E-state index is -0.332. The van der Waals surface area contributed by atoms with Crippen LogP contribution in [0.2, 0.25) is 0 Å². The highest BCUT2D eigenvalue weighted by Gasteiger charge is 2.08. The van der Waals surface area contributed by atoms with Crippen LogP contribution in [0, 0.1) is 12.3 Å².